The van der Waals surface area contributed by atoms with Crippen molar-refractivity contribution in [1.29, 1.82) is 0 Å². The second-order valence-corrected chi connectivity index (χ2v) is 6.02. The zero-order valence-electron chi connectivity index (χ0n) is 12.2. The van der Waals surface area contributed by atoms with E-state index >= 15 is 0 Å². The van der Waals surface area contributed by atoms with Gasteiger partial charge in [0.05, 0.1) is 12.1 Å². The van der Waals surface area contributed by atoms with Crippen molar-refractivity contribution in [3.05, 3.63) is 76.8 Å². The van der Waals surface area contributed by atoms with Gasteiger partial charge in [-0.2, -0.15) is 10.1 Å². The first kappa shape index (κ1) is 14.2. The van der Waals surface area contributed by atoms with Gasteiger partial charge in [0.25, 0.3) is 0 Å². The summed E-state index contributed by atoms with van der Waals surface area (Å²) in [6.07, 6.45) is 2.26. The average molecular weight is 329 g/mol. The molecule has 2 atom stereocenters. The molecule has 0 bridgehead atoms. The monoisotopic (exact) mass is 328 g/mol. The molecule has 4 nitrogen and oxygen atoms in total. The number of hydrogen-bond donors (Lipinski definition) is 1. The highest BCUT2D eigenvalue weighted by Gasteiger charge is 2.29. The van der Waals surface area contributed by atoms with E-state index in [1.54, 1.807) is 16.8 Å². The largest absolute Gasteiger partial charge is 0.348 e. The van der Waals surface area contributed by atoms with E-state index in [1.165, 1.54) is 12.4 Å². The van der Waals surface area contributed by atoms with Crippen LogP contribution in [0, 0.1) is 5.82 Å². The van der Waals surface area contributed by atoms with E-state index < -0.39 is 0 Å². The van der Waals surface area contributed by atoms with Crippen molar-refractivity contribution >= 4 is 17.5 Å². The second kappa shape index (κ2) is 5.66. The van der Waals surface area contributed by atoms with Gasteiger partial charge in [0.1, 0.15) is 12.1 Å². The van der Waals surface area contributed by atoms with Crippen molar-refractivity contribution in [2.24, 2.45) is 0 Å². The molecule has 2 aromatic carbocycles. The third kappa shape index (κ3) is 2.68. The van der Waals surface area contributed by atoms with Crippen LogP contribution in [0.3, 0.4) is 0 Å². The van der Waals surface area contributed by atoms with Crippen LogP contribution in [0.5, 0.6) is 0 Å². The molecule has 23 heavy (non-hydrogen) atoms. The molecule has 1 aliphatic rings. The minimum absolute atomic E-state index is 0.0647. The number of anilines is 1. The summed E-state index contributed by atoms with van der Waals surface area (Å²) in [7, 11) is 0. The lowest BCUT2D eigenvalue weighted by Gasteiger charge is -2.31. The number of halogens is 2. The van der Waals surface area contributed by atoms with Crippen LogP contribution < -0.4 is 5.32 Å². The first-order valence-electron chi connectivity index (χ1n) is 7.38. The first-order valence-corrected chi connectivity index (χ1v) is 7.75. The maximum absolute atomic E-state index is 13.6. The molecule has 116 valence electrons. The quantitative estimate of drug-likeness (QED) is 0.766. The van der Waals surface area contributed by atoms with E-state index in [-0.39, 0.29) is 17.9 Å². The Hall–Kier alpha value is -2.40. The highest BCUT2D eigenvalue weighted by atomic mass is 35.5. The molecular weight excluding hydrogens is 315 g/mol. The first-order chi connectivity index (χ1) is 11.2. The summed E-state index contributed by atoms with van der Waals surface area (Å²) in [6.45, 7) is 0. The Labute approximate surface area is 137 Å². The van der Waals surface area contributed by atoms with E-state index in [0.717, 1.165) is 17.5 Å². The number of rotatable bonds is 2. The third-order valence-electron chi connectivity index (χ3n) is 4.14. The van der Waals surface area contributed by atoms with E-state index in [2.05, 4.69) is 15.4 Å². The SMILES string of the molecule is Fc1cccc([C@@H]2C[C@@H](c3ccc(Cl)cc3)Nc3ncnn32)c1. The van der Waals surface area contributed by atoms with Crippen LogP contribution in [0.4, 0.5) is 10.3 Å². The second-order valence-electron chi connectivity index (χ2n) is 5.58. The van der Waals surface area contributed by atoms with Gasteiger partial charge in [0.15, 0.2) is 0 Å². The Morgan fingerprint density at radius 3 is 2.74 bits per heavy atom. The number of nitrogens with zero attached hydrogens (tertiary/aromatic N) is 3. The van der Waals surface area contributed by atoms with Gasteiger partial charge >= 0.3 is 0 Å². The molecule has 0 saturated heterocycles. The molecule has 6 heteroatoms. The van der Waals surface area contributed by atoms with Crippen molar-refractivity contribution in [1.82, 2.24) is 14.8 Å². The lowest BCUT2D eigenvalue weighted by atomic mass is 9.93. The molecule has 0 aliphatic carbocycles. The maximum atomic E-state index is 13.6. The van der Waals surface area contributed by atoms with Crippen LogP contribution in [-0.4, -0.2) is 14.8 Å². The Morgan fingerprint density at radius 2 is 1.96 bits per heavy atom. The normalized spacial score (nSPS) is 19.9. The zero-order valence-corrected chi connectivity index (χ0v) is 12.9. The average Bonchev–Trinajstić information content (AvgIpc) is 3.03. The van der Waals surface area contributed by atoms with Gasteiger partial charge in [0.2, 0.25) is 5.95 Å². The summed E-state index contributed by atoms with van der Waals surface area (Å²) in [5.74, 6) is 0.441. The summed E-state index contributed by atoms with van der Waals surface area (Å²) in [4.78, 5) is 4.27. The fraction of sp³-hybridized carbons (Fsp3) is 0.176. The van der Waals surface area contributed by atoms with Crippen molar-refractivity contribution in [2.75, 3.05) is 5.32 Å². The molecule has 1 aliphatic heterocycles. The Bertz CT molecular complexity index is 831. The fourth-order valence-corrected chi connectivity index (χ4v) is 3.15. The van der Waals surface area contributed by atoms with Crippen molar-refractivity contribution in [3.8, 4) is 0 Å². The molecular formula is C17H14ClFN4. The summed E-state index contributed by atoms with van der Waals surface area (Å²) < 4.78 is 15.4. The third-order valence-corrected chi connectivity index (χ3v) is 4.39. The van der Waals surface area contributed by atoms with Crippen LogP contribution in [0.25, 0.3) is 0 Å². The highest BCUT2D eigenvalue weighted by Crippen LogP contribution is 2.37. The fourth-order valence-electron chi connectivity index (χ4n) is 3.02. The van der Waals surface area contributed by atoms with E-state index in [9.17, 15) is 4.39 Å². The zero-order chi connectivity index (χ0) is 15.8. The van der Waals surface area contributed by atoms with Crippen LogP contribution in [0.15, 0.2) is 54.9 Å². The van der Waals surface area contributed by atoms with Crippen molar-refractivity contribution in [2.45, 2.75) is 18.5 Å². The lowest BCUT2D eigenvalue weighted by Crippen LogP contribution is -2.28. The molecule has 1 N–H and O–H groups in total. The van der Waals surface area contributed by atoms with Crippen LogP contribution >= 0.6 is 11.6 Å². The van der Waals surface area contributed by atoms with Gasteiger partial charge in [-0.25, -0.2) is 9.07 Å². The minimum atomic E-state index is -0.245. The molecule has 0 spiro atoms. The smallest absolute Gasteiger partial charge is 0.222 e. The topological polar surface area (TPSA) is 42.7 Å². The standard InChI is InChI=1S/C17H14ClFN4/c18-13-6-4-11(5-7-13)15-9-16(12-2-1-3-14(19)8-12)23-17(22-15)20-10-21-23/h1-8,10,15-16H,9H2,(H,20,21,22)/t15-,16-/m0/s1. The molecule has 3 aromatic rings. The minimum Gasteiger partial charge on any atom is -0.348 e. The lowest BCUT2D eigenvalue weighted by molar-refractivity contribution is 0.429. The maximum Gasteiger partial charge on any atom is 0.222 e. The number of nitrogens with one attached hydrogen (secondary N) is 1. The van der Waals surface area contributed by atoms with Gasteiger partial charge in [-0.15, -0.1) is 0 Å². The summed E-state index contributed by atoms with van der Waals surface area (Å²) in [5, 5.41) is 8.37. The Balaban J connectivity index is 1.73. The van der Waals surface area contributed by atoms with Crippen LogP contribution in [0.2, 0.25) is 5.02 Å². The summed E-state index contributed by atoms with van der Waals surface area (Å²) >= 11 is 5.97. The molecule has 0 unspecified atom stereocenters. The number of fused-ring (bicyclic) bond motifs is 1. The predicted octanol–water partition coefficient (Wildman–Crippen LogP) is 4.22. The predicted molar refractivity (Wildman–Crippen MR) is 87.0 cm³/mol. The van der Waals surface area contributed by atoms with Crippen molar-refractivity contribution < 1.29 is 4.39 Å². The van der Waals surface area contributed by atoms with E-state index in [1.807, 2.05) is 30.3 Å². The molecule has 0 saturated carbocycles. The van der Waals surface area contributed by atoms with Crippen LogP contribution in [-0.2, 0) is 0 Å². The summed E-state index contributed by atoms with van der Waals surface area (Å²) in [5.41, 5.74) is 2.00. The van der Waals surface area contributed by atoms with E-state index in [0.29, 0.717) is 11.0 Å². The van der Waals surface area contributed by atoms with Crippen molar-refractivity contribution in [3.63, 3.8) is 0 Å². The molecule has 0 radical (unpaired) electrons. The van der Waals surface area contributed by atoms with Gasteiger partial charge in [-0.05, 0) is 41.8 Å². The van der Waals surface area contributed by atoms with Gasteiger partial charge in [0, 0.05) is 5.02 Å². The number of aromatic nitrogens is 3. The molecule has 1 aromatic heterocycles. The summed E-state index contributed by atoms with van der Waals surface area (Å²) in [6, 6.07) is 14.4. The Morgan fingerprint density at radius 1 is 1.13 bits per heavy atom. The number of benzene rings is 2. The Kier molecular flexibility index (Phi) is 3.50. The number of hydrogen-bond acceptors (Lipinski definition) is 3. The van der Waals surface area contributed by atoms with Gasteiger partial charge in [-0.1, -0.05) is 35.9 Å². The molecule has 4 rings (SSSR count). The molecule has 2 heterocycles. The van der Waals surface area contributed by atoms with E-state index in [4.69, 9.17) is 11.6 Å². The molecule has 0 fully saturated rings. The highest BCUT2D eigenvalue weighted by molar-refractivity contribution is 6.30. The van der Waals surface area contributed by atoms with Gasteiger partial charge in [-0.3, -0.25) is 0 Å². The molecule has 0 amide bonds. The van der Waals surface area contributed by atoms with Crippen LogP contribution in [0.1, 0.15) is 29.6 Å². The van der Waals surface area contributed by atoms with Gasteiger partial charge < -0.3 is 5.32 Å².